The number of benzene rings is 1. The summed E-state index contributed by atoms with van der Waals surface area (Å²) in [6.45, 7) is 7.53. The number of fused-ring (bicyclic) bond motifs is 3. The number of hydrogen-bond acceptors (Lipinski definition) is 3. The number of aryl methyl sites for hydroxylation is 1. The lowest BCUT2D eigenvalue weighted by Gasteiger charge is -2.55. The minimum Gasteiger partial charge on any atom is -0.508 e. The fourth-order valence-corrected chi connectivity index (χ4v) is 5.02. The first kappa shape index (κ1) is 16.8. The molecule has 0 amide bonds. The second-order valence-corrected chi connectivity index (χ2v) is 7.44. The smallest absolute Gasteiger partial charge is 0.115 e. The van der Waals surface area contributed by atoms with Crippen molar-refractivity contribution in [1.82, 2.24) is 4.90 Å². The lowest BCUT2D eigenvalue weighted by molar-refractivity contribution is -0.0894. The van der Waals surface area contributed by atoms with Crippen molar-refractivity contribution in [2.24, 2.45) is 0 Å². The van der Waals surface area contributed by atoms with E-state index in [1.165, 1.54) is 17.5 Å². The maximum Gasteiger partial charge on any atom is 0.115 e. The Morgan fingerprint density at radius 1 is 1.09 bits per heavy atom. The Bertz CT molecular complexity index is 555. The average molecular weight is 317 g/mol. The SMILES string of the molecule is CCN(CC)CC[C@]12CCCC[C@@]1(O)CCc1ccc(O)cc12. The molecule has 1 aromatic rings. The van der Waals surface area contributed by atoms with Gasteiger partial charge in [0, 0.05) is 5.41 Å². The number of aromatic hydroxyl groups is 1. The molecule has 3 nitrogen and oxygen atoms in total. The van der Waals surface area contributed by atoms with E-state index in [1.807, 2.05) is 6.07 Å². The van der Waals surface area contributed by atoms with Crippen LogP contribution in [0.5, 0.6) is 5.75 Å². The number of rotatable bonds is 5. The Morgan fingerprint density at radius 2 is 1.83 bits per heavy atom. The molecule has 2 atom stereocenters. The summed E-state index contributed by atoms with van der Waals surface area (Å²) in [6.07, 6.45) is 7.03. The predicted octanol–water partition coefficient (Wildman–Crippen LogP) is 3.61. The first-order valence-electron chi connectivity index (χ1n) is 9.32. The second kappa shape index (κ2) is 6.45. The van der Waals surface area contributed by atoms with Gasteiger partial charge >= 0.3 is 0 Å². The van der Waals surface area contributed by atoms with Gasteiger partial charge in [-0.1, -0.05) is 32.8 Å². The van der Waals surface area contributed by atoms with Crippen LogP contribution in [0.15, 0.2) is 18.2 Å². The summed E-state index contributed by atoms with van der Waals surface area (Å²) in [5, 5.41) is 21.6. The summed E-state index contributed by atoms with van der Waals surface area (Å²) in [5.41, 5.74) is 1.77. The zero-order chi connectivity index (χ0) is 16.5. The van der Waals surface area contributed by atoms with Crippen LogP contribution in [0.2, 0.25) is 0 Å². The van der Waals surface area contributed by atoms with Crippen LogP contribution in [0.3, 0.4) is 0 Å². The largest absolute Gasteiger partial charge is 0.508 e. The Morgan fingerprint density at radius 3 is 2.57 bits per heavy atom. The van der Waals surface area contributed by atoms with Crippen LogP contribution < -0.4 is 0 Å². The van der Waals surface area contributed by atoms with E-state index in [0.29, 0.717) is 5.75 Å². The fourth-order valence-electron chi connectivity index (χ4n) is 5.02. The van der Waals surface area contributed by atoms with E-state index < -0.39 is 5.60 Å². The minimum absolute atomic E-state index is 0.180. The summed E-state index contributed by atoms with van der Waals surface area (Å²) in [6, 6.07) is 5.80. The zero-order valence-electron chi connectivity index (χ0n) is 14.6. The first-order valence-corrected chi connectivity index (χ1v) is 9.32. The van der Waals surface area contributed by atoms with Gasteiger partial charge in [0.15, 0.2) is 0 Å². The fraction of sp³-hybridized carbons (Fsp3) is 0.700. The van der Waals surface area contributed by atoms with E-state index in [1.54, 1.807) is 6.07 Å². The second-order valence-electron chi connectivity index (χ2n) is 7.44. The Kier molecular flexibility index (Phi) is 4.70. The molecule has 1 saturated carbocycles. The van der Waals surface area contributed by atoms with Crippen LogP contribution >= 0.6 is 0 Å². The summed E-state index contributed by atoms with van der Waals surface area (Å²) < 4.78 is 0. The highest BCUT2D eigenvalue weighted by molar-refractivity contribution is 5.45. The summed E-state index contributed by atoms with van der Waals surface area (Å²) in [5.74, 6) is 0.334. The molecule has 23 heavy (non-hydrogen) atoms. The van der Waals surface area contributed by atoms with Crippen LogP contribution in [0.4, 0.5) is 0 Å². The molecule has 1 aromatic carbocycles. The molecule has 1 fully saturated rings. The first-order chi connectivity index (χ1) is 11.0. The molecule has 0 aliphatic heterocycles. The quantitative estimate of drug-likeness (QED) is 0.872. The normalized spacial score (nSPS) is 30.1. The predicted molar refractivity (Wildman–Crippen MR) is 93.9 cm³/mol. The minimum atomic E-state index is -0.598. The molecule has 0 radical (unpaired) electrons. The molecule has 0 unspecified atom stereocenters. The van der Waals surface area contributed by atoms with Crippen molar-refractivity contribution < 1.29 is 10.2 Å². The van der Waals surface area contributed by atoms with Crippen molar-refractivity contribution in [3.8, 4) is 5.75 Å². The van der Waals surface area contributed by atoms with E-state index in [0.717, 1.165) is 58.2 Å². The Balaban J connectivity index is 2.01. The lowest BCUT2D eigenvalue weighted by atomic mass is 9.53. The van der Waals surface area contributed by atoms with E-state index >= 15 is 0 Å². The van der Waals surface area contributed by atoms with E-state index in [9.17, 15) is 10.2 Å². The van der Waals surface area contributed by atoms with Crippen LogP contribution in [-0.2, 0) is 11.8 Å². The Labute approximate surface area is 140 Å². The molecular formula is C20H31NO2. The molecule has 2 N–H and O–H groups in total. The highest BCUT2D eigenvalue weighted by Crippen LogP contribution is 2.55. The Hall–Kier alpha value is -1.06. The number of phenols is 1. The monoisotopic (exact) mass is 317 g/mol. The third-order valence-corrected chi connectivity index (χ3v) is 6.50. The third kappa shape index (κ3) is 2.78. The lowest BCUT2D eigenvalue weighted by Crippen LogP contribution is -2.57. The standard InChI is InChI=1S/C20H31NO2/c1-3-21(4-2)14-13-19-10-5-6-11-20(19,23)12-9-16-7-8-17(22)15-18(16)19/h7-8,15,22-23H,3-6,9-14H2,1-2H3/t19-,20+/m0/s1. The molecule has 2 aliphatic rings. The molecule has 0 aromatic heterocycles. The highest BCUT2D eigenvalue weighted by Gasteiger charge is 2.54. The molecular weight excluding hydrogens is 286 g/mol. The van der Waals surface area contributed by atoms with Crippen molar-refractivity contribution in [1.29, 1.82) is 0 Å². The molecule has 3 rings (SSSR count). The van der Waals surface area contributed by atoms with Crippen LogP contribution in [0.1, 0.15) is 63.5 Å². The van der Waals surface area contributed by atoms with Gasteiger partial charge in [-0.15, -0.1) is 0 Å². The van der Waals surface area contributed by atoms with Gasteiger partial charge in [0.2, 0.25) is 0 Å². The third-order valence-electron chi connectivity index (χ3n) is 6.50. The van der Waals surface area contributed by atoms with Crippen LogP contribution in [0.25, 0.3) is 0 Å². The van der Waals surface area contributed by atoms with Crippen molar-refractivity contribution in [3.63, 3.8) is 0 Å². The van der Waals surface area contributed by atoms with Gasteiger partial charge in [0.1, 0.15) is 5.75 Å². The number of aliphatic hydroxyl groups is 1. The van der Waals surface area contributed by atoms with Gasteiger partial charge in [-0.3, -0.25) is 0 Å². The van der Waals surface area contributed by atoms with E-state index in [2.05, 4.69) is 24.8 Å². The average Bonchev–Trinajstić information content (AvgIpc) is 2.56. The van der Waals surface area contributed by atoms with Crippen LogP contribution in [-0.4, -0.2) is 40.3 Å². The molecule has 2 aliphatic carbocycles. The van der Waals surface area contributed by atoms with E-state index in [4.69, 9.17) is 0 Å². The van der Waals surface area contributed by atoms with Gasteiger partial charge in [0.25, 0.3) is 0 Å². The van der Waals surface area contributed by atoms with E-state index in [-0.39, 0.29) is 5.41 Å². The van der Waals surface area contributed by atoms with Gasteiger partial charge in [-0.05, 0) is 75.0 Å². The molecule has 0 bridgehead atoms. The molecule has 3 heteroatoms. The molecule has 128 valence electrons. The van der Waals surface area contributed by atoms with Crippen molar-refractivity contribution >= 4 is 0 Å². The summed E-state index contributed by atoms with van der Waals surface area (Å²) >= 11 is 0. The van der Waals surface area contributed by atoms with Crippen molar-refractivity contribution in [2.45, 2.75) is 69.8 Å². The van der Waals surface area contributed by atoms with Gasteiger partial charge < -0.3 is 15.1 Å². The molecule has 0 saturated heterocycles. The van der Waals surface area contributed by atoms with Gasteiger partial charge in [-0.25, -0.2) is 0 Å². The topological polar surface area (TPSA) is 43.7 Å². The number of hydrogen-bond donors (Lipinski definition) is 2. The van der Waals surface area contributed by atoms with Crippen molar-refractivity contribution in [2.75, 3.05) is 19.6 Å². The summed E-state index contributed by atoms with van der Waals surface area (Å²) in [4.78, 5) is 2.45. The number of nitrogens with zero attached hydrogens (tertiary/aromatic N) is 1. The maximum absolute atomic E-state index is 11.5. The maximum atomic E-state index is 11.5. The highest BCUT2D eigenvalue weighted by atomic mass is 16.3. The summed E-state index contributed by atoms with van der Waals surface area (Å²) in [7, 11) is 0. The van der Waals surface area contributed by atoms with Gasteiger partial charge in [0.05, 0.1) is 5.60 Å². The number of phenolic OH excluding ortho intramolecular Hbond substituents is 1. The van der Waals surface area contributed by atoms with Crippen molar-refractivity contribution in [3.05, 3.63) is 29.3 Å². The molecule has 0 heterocycles. The zero-order valence-corrected chi connectivity index (χ0v) is 14.6. The van der Waals surface area contributed by atoms with Gasteiger partial charge in [-0.2, -0.15) is 0 Å². The molecule has 0 spiro atoms. The van der Waals surface area contributed by atoms with Crippen LogP contribution in [0, 0.1) is 0 Å².